The lowest BCUT2D eigenvalue weighted by atomic mass is 9.88. The van der Waals surface area contributed by atoms with E-state index in [0.717, 1.165) is 49.8 Å². The summed E-state index contributed by atoms with van der Waals surface area (Å²) in [5.74, 6) is -0.0705. The Bertz CT molecular complexity index is 1680. The van der Waals surface area contributed by atoms with Crippen molar-refractivity contribution in [2.24, 2.45) is 5.41 Å². The molecule has 8 heteroatoms. The first-order valence-corrected chi connectivity index (χ1v) is 14.8. The quantitative estimate of drug-likeness (QED) is 0.170. The Morgan fingerprint density at radius 1 is 0.952 bits per heavy atom. The number of pyridine rings is 1. The monoisotopic (exact) mass is 580 g/mol. The van der Waals surface area contributed by atoms with E-state index >= 15 is 0 Å². The van der Waals surface area contributed by atoms with Gasteiger partial charge in [0.15, 0.2) is 0 Å². The van der Waals surface area contributed by atoms with Crippen molar-refractivity contribution in [2.45, 2.75) is 63.8 Å². The fourth-order valence-corrected chi connectivity index (χ4v) is 5.97. The molecule has 5 aromatic rings. The van der Waals surface area contributed by atoms with Crippen molar-refractivity contribution in [1.82, 2.24) is 19.5 Å². The van der Waals surface area contributed by atoms with E-state index in [9.17, 15) is 9.90 Å². The molecule has 0 aliphatic heterocycles. The van der Waals surface area contributed by atoms with Gasteiger partial charge in [-0.3, -0.25) is 9.78 Å². The van der Waals surface area contributed by atoms with Crippen LogP contribution < -0.4 is 4.74 Å². The molecule has 0 fully saturated rings. The molecule has 0 spiro atoms. The smallest absolute Gasteiger partial charge is 0.309 e. The number of thioether (sulfide) groups is 1. The van der Waals surface area contributed by atoms with Gasteiger partial charge in [-0.1, -0.05) is 51.1 Å². The Balaban J connectivity index is 1.59. The molecule has 0 atom stereocenters. The van der Waals surface area contributed by atoms with E-state index in [-0.39, 0.29) is 4.75 Å². The normalized spacial score (nSPS) is 12.0. The highest BCUT2D eigenvalue weighted by molar-refractivity contribution is 8.00. The van der Waals surface area contributed by atoms with Gasteiger partial charge in [-0.2, -0.15) is 0 Å². The minimum absolute atomic E-state index is 0.0920. The van der Waals surface area contributed by atoms with E-state index in [0.29, 0.717) is 19.6 Å². The van der Waals surface area contributed by atoms with Crippen LogP contribution in [-0.4, -0.2) is 35.3 Å². The second-order valence-electron chi connectivity index (χ2n) is 12.0. The zero-order chi connectivity index (χ0) is 29.9. The molecule has 0 radical (unpaired) electrons. The second kappa shape index (κ2) is 12.0. The second-order valence-corrected chi connectivity index (χ2v) is 13.9. The number of fused-ring (bicyclic) bond motifs is 1. The molecule has 216 valence electrons. The maximum atomic E-state index is 12.3. The summed E-state index contributed by atoms with van der Waals surface area (Å²) in [5.41, 5.74) is 4.96. The lowest BCUT2D eigenvalue weighted by molar-refractivity contribution is -0.146. The molecule has 0 amide bonds. The molecular weight excluding hydrogens is 544 g/mol. The number of rotatable bonds is 10. The van der Waals surface area contributed by atoms with Gasteiger partial charge in [0.1, 0.15) is 18.7 Å². The Kier molecular flexibility index (Phi) is 8.36. The van der Waals surface area contributed by atoms with Crippen LogP contribution in [0.5, 0.6) is 5.75 Å². The van der Waals surface area contributed by atoms with Gasteiger partial charge in [0.25, 0.3) is 0 Å². The summed E-state index contributed by atoms with van der Waals surface area (Å²) in [6.45, 7) is 11.1. The van der Waals surface area contributed by atoms with Crippen LogP contribution in [0.3, 0.4) is 0 Å². The fraction of sp³-hybridized carbons (Fsp3) is 0.294. The third-order valence-corrected chi connectivity index (χ3v) is 8.25. The lowest BCUT2D eigenvalue weighted by Gasteiger charge is -2.24. The Morgan fingerprint density at radius 3 is 2.38 bits per heavy atom. The number of carboxylic acids is 1. The van der Waals surface area contributed by atoms with Crippen molar-refractivity contribution in [3.63, 3.8) is 0 Å². The van der Waals surface area contributed by atoms with Crippen LogP contribution >= 0.6 is 11.8 Å². The van der Waals surface area contributed by atoms with Gasteiger partial charge in [-0.05, 0) is 55.8 Å². The number of hydrogen-bond acceptors (Lipinski definition) is 6. The van der Waals surface area contributed by atoms with Crippen LogP contribution in [0.1, 0.15) is 51.6 Å². The summed E-state index contributed by atoms with van der Waals surface area (Å²) in [4.78, 5) is 26.1. The molecule has 0 saturated carbocycles. The number of aromatic nitrogens is 4. The van der Waals surface area contributed by atoms with Crippen LogP contribution in [0.2, 0.25) is 0 Å². The van der Waals surface area contributed by atoms with E-state index in [2.05, 4.69) is 76.7 Å². The van der Waals surface area contributed by atoms with E-state index in [1.165, 1.54) is 0 Å². The van der Waals surface area contributed by atoms with Crippen molar-refractivity contribution >= 4 is 28.6 Å². The van der Waals surface area contributed by atoms with Gasteiger partial charge in [-0.15, -0.1) is 11.8 Å². The van der Waals surface area contributed by atoms with Crippen molar-refractivity contribution in [3.05, 3.63) is 102 Å². The van der Waals surface area contributed by atoms with Gasteiger partial charge in [0, 0.05) is 57.2 Å². The molecular formula is C34H36N4O3S. The fourth-order valence-electron chi connectivity index (χ4n) is 4.78. The van der Waals surface area contributed by atoms with E-state index in [1.54, 1.807) is 44.3 Å². The number of carboxylic acid groups (broad SMARTS) is 1. The molecule has 3 heterocycles. The first-order chi connectivity index (χ1) is 20.0. The molecule has 42 heavy (non-hydrogen) atoms. The summed E-state index contributed by atoms with van der Waals surface area (Å²) in [6.07, 6.45) is 5.44. The summed E-state index contributed by atoms with van der Waals surface area (Å²) in [7, 11) is 0. The highest BCUT2D eigenvalue weighted by atomic mass is 32.2. The maximum Gasteiger partial charge on any atom is 0.309 e. The van der Waals surface area contributed by atoms with E-state index in [4.69, 9.17) is 4.74 Å². The van der Waals surface area contributed by atoms with Gasteiger partial charge >= 0.3 is 5.97 Å². The molecule has 0 saturated heterocycles. The molecule has 7 nitrogen and oxygen atoms in total. The van der Waals surface area contributed by atoms with Crippen LogP contribution in [-0.2, 0) is 24.4 Å². The number of carbonyl (C=O) groups is 1. The van der Waals surface area contributed by atoms with Crippen molar-refractivity contribution < 1.29 is 14.6 Å². The topological polar surface area (TPSA) is 90.1 Å². The SMILES string of the molecule is CC(C)(C)Sc1c(CC(C)(C)C(=O)O)n(Cc2ccc(-c3ccncn3)cc2)c2ccc(OCc3ccccn3)cc12. The van der Waals surface area contributed by atoms with Crippen LogP contribution in [0.4, 0.5) is 0 Å². The minimum atomic E-state index is -0.950. The van der Waals surface area contributed by atoms with Gasteiger partial charge in [-0.25, -0.2) is 9.97 Å². The average Bonchev–Trinajstić information content (AvgIpc) is 3.22. The summed E-state index contributed by atoms with van der Waals surface area (Å²) >= 11 is 1.77. The summed E-state index contributed by atoms with van der Waals surface area (Å²) in [6, 6.07) is 22.2. The van der Waals surface area contributed by atoms with Crippen LogP contribution in [0, 0.1) is 5.41 Å². The first-order valence-electron chi connectivity index (χ1n) is 14.0. The Labute approximate surface area is 251 Å². The maximum absolute atomic E-state index is 12.3. The third-order valence-electron chi connectivity index (χ3n) is 6.97. The van der Waals surface area contributed by atoms with Crippen molar-refractivity contribution in [1.29, 1.82) is 0 Å². The van der Waals surface area contributed by atoms with Gasteiger partial charge < -0.3 is 14.4 Å². The predicted molar refractivity (Wildman–Crippen MR) is 168 cm³/mol. The molecule has 0 aliphatic carbocycles. The molecule has 0 aliphatic rings. The highest BCUT2D eigenvalue weighted by Gasteiger charge is 2.32. The number of aliphatic carboxylic acids is 1. The first kappa shape index (κ1) is 29.3. The molecule has 2 aromatic carbocycles. The largest absolute Gasteiger partial charge is 0.487 e. The number of ether oxygens (including phenoxy) is 1. The number of benzene rings is 2. The van der Waals surface area contributed by atoms with E-state index < -0.39 is 11.4 Å². The molecule has 0 unspecified atom stereocenters. The minimum Gasteiger partial charge on any atom is -0.487 e. The van der Waals surface area contributed by atoms with Gasteiger partial charge in [0.05, 0.1) is 16.8 Å². The molecule has 1 N–H and O–H groups in total. The average molecular weight is 581 g/mol. The molecule has 5 rings (SSSR count). The zero-order valence-electron chi connectivity index (χ0n) is 24.7. The van der Waals surface area contributed by atoms with Crippen molar-refractivity contribution in [3.8, 4) is 17.0 Å². The lowest BCUT2D eigenvalue weighted by Crippen LogP contribution is -2.28. The molecule has 0 bridgehead atoms. The van der Waals surface area contributed by atoms with Crippen LogP contribution in [0.25, 0.3) is 22.2 Å². The van der Waals surface area contributed by atoms with Crippen LogP contribution in [0.15, 0.2) is 90.3 Å². The van der Waals surface area contributed by atoms with Crippen molar-refractivity contribution in [2.75, 3.05) is 0 Å². The summed E-state index contributed by atoms with van der Waals surface area (Å²) in [5, 5.41) is 11.1. The van der Waals surface area contributed by atoms with E-state index in [1.807, 2.05) is 30.3 Å². The standard InChI is InChI=1S/C34H36N4O3S/c1-33(2,3)42-31-27-18-26(41-21-25-8-6-7-16-36-25)13-14-29(27)38(30(31)19-34(4,5)32(39)40)20-23-9-11-24(12-10-23)28-15-17-35-22-37-28/h6-18,22H,19-21H2,1-5H3,(H,39,40). The summed E-state index contributed by atoms with van der Waals surface area (Å²) < 4.78 is 8.34. The number of hydrogen-bond donors (Lipinski definition) is 1. The predicted octanol–water partition coefficient (Wildman–Crippen LogP) is 7.66. The Morgan fingerprint density at radius 2 is 1.74 bits per heavy atom. The highest BCUT2D eigenvalue weighted by Crippen LogP contribution is 2.44. The van der Waals surface area contributed by atoms with Gasteiger partial charge in [0.2, 0.25) is 0 Å². The Hall–Kier alpha value is -4.17. The number of nitrogens with zero attached hydrogens (tertiary/aromatic N) is 4. The zero-order valence-corrected chi connectivity index (χ0v) is 25.5. The molecule has 3 aromatic heterocycles. The third kappa shape index (κ3) is 6.82.